The average molecular weight is 342 g/mol. The Morgan fingerprint density at radius 2 is 2.16 bits per heavy atom. The number of esters is 1. The van der Waals surface area contributed by atoms with Crippen molar-refractivity contribution in [3.63, 3.8) is 0 Å². The molecule has 1 aliphatic rings. The minimum Gasteiger partial charge on any atom is -0.452 e. The van der Waals surface area contributed by atoms with Gasteiger partial charge >= 0.3 is 5.97 Å². The maximum Gasteiger partial charge on any atom is 0.342 e. The first-order chi connectivity index (χ1) is 12.1. The third-order valence-electron chi connectivity index (χ3n) is 4.55. The normalized spacial score (nSPS) is 17.4. The fourth-order valence-electron chi connectivity index (χ4n) is 3.08. The Labute approximate surface area is 146 Å². The van der Waals surface area contributed by atoms with Gasteiger partial charge in [-0.1, -0.05) is 6.07 Å². The zero-order valence-corrected chi connectivity index (χ0v) is 14.5. The molecule has 1 fully saturated rings. The van der Waals surface area contributed by atoms with Crippen molar-refractivity contribution in [1.29, 1.82) is 0 Å². The molecule has 1 atom stereocenters. The van der Waals surface area contributed by atoms with Crippen LogP contribution in [0.5, 0.6) is 0 Å². The average Bonchev–Trinajstić information content (AvgIpc) is 3.02. The first-order valence-electron chi connectivity index (χ1n) is 8.50. The SMILES string of the molecule is Cc1c(C(=O)OCC(=O)N2CCCCC2C)cnn1-c1ccccn1. The molecule has 7 heteroatoms. The fraction of sp³-hybridized carbons (Fsp3) is 0.444. The van der Waals surface area contributed by atoms with E-state index in [1.807, 2.05) is 19.1 Å². The zero-order valence-electron chi connectivity index (χ0n) is 14.5. The molecule has 3 rings (SSSR count). The van der Waals surface area contributed by atoms with Crippen molar-refractivity contribution in [3.05, 3.63) is 41.9 Å². The summed E-state index contributed by atoms with van der Waals surface area (Å²) >= 11 is 0. The number of nitrogens with zero attached hydrogens (tertiary/aromatic N) is 4. The van der Waals surface area contributed by atoms with Gasteiger partial charge in [-0.3, -0.25) is 4.79 Å². The second-order valence-electron chi connectivity index (χ2n) is 6.25. The van der Waals surface area contributed by atoms with Gasteiger partial charge in [0.25, 0.3) is 5.91 Å². The van der Waals surface area contributed by atoms with Crippen molar-refractivity contribution in [3.8, 4) is 5.82 Å². The van der Waals surface area contributed by atoms with Crippen LogP contribution in [0.1, 0.15) is 42.2 Å². The van der Waals surface area contributed by atoms with Crippen LogP contribution in [0.2, 0.25) is 0 Å². The molecule has 2 aromatic heterocycles. The van der Waals surface area contributed by atoms with E-state index in [4.69, 9.17) is 4.74 Å². The molecule has 1 unspecified atom stereocenters. The van der Waals surface area contributed by atoms with Gasteiger partial charge in [0.05, 0.1) is 11.9 Å². The molecule has 3 heterocycles. The molecule has 0 radical (unpaired) electrons. The number of rotatable bonds is 4. The van der Waals surface area contributed by atoms with E-state index in [0.29, 0.717) is 17.1 Å². The van der Waals surface area contributed by atoms with E-state index in [2.05, 4.69) is 10.1 Å². The molecule has 2 aromatic rings. The lowest BCUT2D eigenvalue weighted by Gasteiger charge is -2.33. The van der Waals surface area contributed by atoms with E-state index in [0.717, 1.165) is 25.8 Å². The zero-order chi connectivity index (χ0) is 17.8. The summed E-state index contributed by atoms with van der Waals surface area (Å²) in [4.78, 5) is 30.6. The Morgan fingerprint density at radius 3 is 2.88 bits per heavy atom. The van der Waals surface area contributed by atoms with Crippen LogP contribution in [0.4, 0.5) is 0 Å². The molecule has 25 heavy (non-hydrogen) atoms. The van der Waals surface area contributed by atoms with Gasteiger partial charge < -0.3 is 9.64 Å². The van der Waals surface area contributed by atoms with Gasteiger partial charge in [0.15, 0.2) is 12.4 Å². The van der Waals surface area contributed by atoms with Crippen LogP contribution in [0.25, 0.3) is 5.82 Å². The minimum absolute atomic E-state index is 0.143. The lowest BCUT2D eigenvalue weighted by molar-refractivity contribution is -0.137. The standard InChI is InChI=1S/C18H22N4O3/c1-13-7-4-6-10-21(13)17(23)12-25-18(24)15-11-20-22(14(15)2)16-8-3-5-9-19-16/h3,5,8-9,11,13H,4,6-7,10,12H2,1-2H3. The molecule has 0 N–H and O–H groups in total. The number of carbonyl (C=O) groups is 2. The summed E-state index contributed by atoms with van der Waals surface area (Å²) in [6.07, 6.45) is 6.24. The maximum absolute atomic E-state index is 12.3. The van der Waals surface area contributed by atoms with Crippen molar-refractivity contribution in [2.24, 2.45) is 0 Å². The highest BCUT2D eigenvalue weighted by molar-refractivity contribution is 5.92. The van der Waals surface area contributed by atoms with Gasteiger partial charge in [-0.05, 0) is 45.2 Å². The number of pyridine rings is 1. The monoisotopic (exact) mass is 342 g/mol. The molecular formula is C18H22N4O3. The van der Waals surface area contributed by atoms with Crippen LogP contribution in [-0.2, 0) is 9.53 Å². The smallest absolute Gasteiger partial charge is 0.342 e. The highest BCUT2D eigenvalue weighted by Crippen LogP contribution is 2.17. The number of amides is 1. The second-order valence-corrected chi connectivity index (χ2v) is 6.25. The molecule has 0 aromatic carbocycles. The summed E-state index contributed by atoms with van der Waals surface area (Å²) in [5.41, 5.74) is 0.965. The van der Waals surface area contributed by atoms with Gasteiger partial charge in [-0.15, -0.1) is 0 Å². The number of carbonyl (C=O) groups excluding carboxylic acids is 2. The topological polar surface area (TPSA) is 77.3 Å². The molecule has 1 saturated heterocycles. The summed E-state index contributed by atoms with van der Waals surface area (Å²) in [5.74, 6) is -0.0646. The number of ether oxygens (including phenoxy) is 1. The number of piperidine rings is 1. The summed E-state index contributed by atoms with van der Waals surface area (Å²) in [6.45, 7) is 4.29. The van der Waals surface area contributed by atoms with Gasteiger partial charge in [0, 0.05) is 18.8 Å². The summed E-state index contributed by atoms with van der Waals surface area (Å²) in [6, 6.07) is 5.66. The quantitative estimate of drug-likeness (QED) is 0.796. The molecule has 1 aliphatic heterocycles. The first kappa shape index (κ1) is 17.1. The molecular weight excluding hydrogens is 320 g/mol. The third-order valence-corrected chi connectivity index (χ3v) is 4.55. The number of aromatic nitrogens is 3. The second kappa shape index (κ2) is 7.46. The van der Waals surface area contributed by atoms with E-state index in [-0.39, 0.29) is 18.6 Å². The van der Waals surface area contributed by atoms with Crippen molar-refractivity contribution < 1.29 is 14.3 Å². The first-order valence-corrected chi connectivity index (χ1v) is 8.50. The maximum atomic E-state index is 12.3. The highest BCUT2D eigenvalue weighted by atomic mass is 16.5. The molecule has 1 amide bonds. The Kier molecular flexibility index (Phi) is 5.11. The van der Waals surface area contributed by atoms with Gasteiger partial charge in [0.2, 0.25) is 0 Å². The lowest BCUT2D eigenvalue weighted by atomic mass is 10.0. The predicted molar refractivity (Wildman–Crippen MR) is 91.4 cm³/mol. The molecule has 0 aliphatic carbocycles. The van der Waals surface area contributed by atoms with Gasteiger partial charge in [-0.25, -0.2) is 14.5 Å². The Morgan fingerprint density at radius 1 is 1.32 bits per heavy atom. The lowest BCUT2D eigenvalue weighted by Crippen LogP contribution is -2.44. The minimum atomic E-state index is -0.544. The van der Waals surface area contributed by atoms with E-state index in [1.54, 1.807) is 28.8 Å². The van der Waals surface area contributed by atoms with E-state index in [1.165, 1.54) is 6.20 Å². The van der Waals surface area contributed by atoms with E-state index < -0.39 is 5.97 Å². The number of hydrogen-bond acceptors (Lipinski definition) is 5. The van der Waals surface area contributed by atoms with Crippen LogP contribution in [0, 0.1) is 6.92 Å². The summed E-state index contributed by atoms with van der Waals surface area (Å²) in [5, 5.41) is 4.19. The Bertz CT molecular complexity index is 757. The van der Waals surface area contributed by atoms with Crippen LogP contribution in [0.15, 0.2) is 30.6 Å². The summed E-state index contributed by atoms with van der Waals surface area (Å²) in [7, 11) is 0. The number of hydrogen-bond donors (Lipinski definition) is 0. The molecule has 0 bridgehead atoms. The summed E-state index contributed by atoms with van der Waals surface area (Å²) < 4.78 is 6.79. The molecule has 0 spiro atoms. The highest BCUT2D eigenvalue weighted by Gasteiger charge is 2.25. The van der Waals surface area contributed by atoms with Crippen molar-refractivity contribution in [1.82, 2.24) is 19.7 Å². The van der Waals surface area contributed by atoms with Crippen LogP contribution < -0.4 is 0 Å². The fourth-order valence-corrected chi connectivity index (χ4v) is 3.08. The van der Waals surface area contributed by atoms with E-state index in [9.17, 15) is 9.59 Å². The van der Waals surface area contributed by atoms with Gasteiger partial charge in [-0.2, -0.15) is 5.10 Å². The van der Waals surface area contributed by atoms with Crippen molar-refractivity contribution >= 4 is 11.9 Å². The van der Waals surface area contributed by atoms with Gasteiger partial charge in [0.1, 0.15) is 5.56 Å². The molecule has 7 nitrogen and oxygen atoms in total. The largest absolute Gasteiger partial charge is 0.452 e. The molecule has 132 valence electrons. The van der Waals surface area contributed by atoms with Crippen molar-refractivity contribution in [2.45, 2.75) is 39.2 Å². The van der Waals surface area contributed by atoms with Crippen molar-refractivity contribution in [2.75, 3.05) is 13.2 Å². The predicted octanol–water partition coefficient (Wildman–Crippen LogP) is 2.13. The Hall–Kier alpha value is -2.70. The Balaban J connectivity index is 1.64. The van der Waals surface area contributed by atoms with Crippen LogP contribution >= 0.6 is 0 Å². The third kappa shape index (κ3) is 3.70. The molecule has 0 saturated carbocycles. The van der Waals surface area contributed by atoms with E-state index >= 15 is 0 Å². The van der Waals surface area contributed by atoms with Crippen LogP contribution in [-0.4, -0.2) is 50.7 Å². The van der Waals surface area contributed by atoms with Crippen LogP contribution in [0.3, 0.4) is 0 Å². The number of likely N-dealkylation sites (tertiary alicyclic amines) is 1.